The van der Waals surface area contributed by atoms with Gasteiger partial charge in [0.15, 0.2) is 0 Å². The Morgan fingerprint density at radius 1 is 1.33 bits per heavy atom. The molecule has 0 unspecified atom stereocenters. The number of pyridine rings is 1. The lowest BCUT2D eigenvalue weighted by molar-refractivity contribution is 0.422. The maximum absolute atomic E-state index is 11.6. The summed E-state index contributed by atoms with van der Waals surface area (Å²) < 4.78 is 1.55. The summed E-state index contributed by atoms with van der Waals surface area (Å²) in [5, 5.41) is 13.7. The maximum Gasteiger partial charge on any atom is 0.250 e. The number of nitrogens with one attached hydrogen (secondary N) is 1. The molecule has 2 rings (SSSR count). The number of hydrogen-bond acceptors (Lipinski definition) is 5. The van der Waals surface area contributed by atoms with Gasteiger partial charge in [-0.05, 0) is 39.8 Å². The molecule has 0 amide bonds. The number of hydrogen-bond donors (Lipinski definition) is 1. The third kappa shape index (κ3) is 4.75. The van der Waals surface area contributed by atoms with Crippen molar-refractivity contribution < 1.29 is 0 Å². The lowest BCUT2D eigenvalue weighted by atomic mass is 10.1. The van der Waals surface area contributed by atoms with Gasteiger partial charge >= 0.3 is 0 Å². The van der Waals surface area contributed by atoms with Crippen molar-refractivity contribution in [2.75, 3.05) is 6.54 Å². The summed E-state index contributed by atoms with van der Waals surface area (Å²) in [6, 6.07) is 3.50. The normalized spacial score (nSPS) is 11.8. The molecule has 0 saturated heterocycles. The Labute approximate surface area is 129 Å². The van der Waals surface area contributed by atoms with E-state index in [-0.39, 0.29) is 11.1 Å². The third-order valence-corrected chi connectivity index (χ3v) is 4.07. The van der Waals surface area contributed by atoms with Crippen LogP contribution in [0, 0.1) is 0 Å². The summed E-state index contributed by atoms with van der Waals surface area (Å²) in [5.41, 5.74) is 0.962. The molecule has 0 aliphatic carbocycles. The van der Waals surface area contributed by atoms with E-state index in [0.717, 1.165) is 35.0 Å². The van der Waals surface area contributed by atoms with Crippen LogP contribution in [0.5, 0.6) is 0 Å². The fourth-order valence-electron chi connectivity index (χ4n) is 1.86. The lowest BCUT2D eigenvalue weighted by Gasteiger charge is -2.20. The Morgan fingerprint density at radius 2 is 2.10 bits per heavy atom. The van der Waals surface area contributed by atoms with Crippen molar-refractivity contribution in [3.8, 4) is 10.6 Å². The summed E-state index contributed by atoms with van der Waals surface area (Å²) in [5.74, 6) is 0. The molecule has 0 radical (unpaired) electrons. The summed E-state index contributed by atoms with van der Waals surface area (Å²) in [7, 11) is 1.74. The van der Waals surface area contributed by atoms with E-state index in [1.807, 2.05) is 6.07 Å². The van der Waals surface area contributed by atoms with Gasteiger partial charge in [0.25, 0.3) is 5.56 Å². The second-order valence-electron chi connectivity index (χ2n) is 6.15. The predicted octanol–water partition coefficient (Wildman–Crippen LogP) is 2.22. The average molecular weight is 306 g/mol. The molecular weight excluding hydrogens is 284 g/mol. The molecule has 2 aromatic heterocycles. The molecule has 0 fully saturated rings. The topological polar surface area (TPSA) is 59.8 Å². The second-order valence-corrected chi connectivity index (χ2v) is 7.21. The van der Waals surface area contributed by atoms with Gasteiger partial charge in [-0.15, -0.1) is 10.2 Å². The van der Waals surface area contributed by atoms with Crippen molar-refractivity contribution in [3.63, 3.8) is 0 Å². The highest BCUT2D eigenvalue weighted by Gasteiger charge is 2.10. The Morgan fingerprint density at radius 3 is 2.76 bits per heavy atom. The van der Waals surface area contributed by atoms with E-state index in [2.05, 4.69) is 36.3 Å². The summed E-state index contributed by atoms with van der Waals surface area (Å²) in [4.78, 5) is 11.6. The predicted molar refractivity (Wildman–Crippen MR) is 86.7 cm³/mol. The van der Waals surface area contributed by atoms with E-state index >= 15 is 0 Å². The van der Waals surface area contributed by atoms with Gasteiger partial charge in [-0.25, -0.2) is 0 Å². The van der Waals surface area contributed by atoms with E-state index < -0.39 is 0 Å². The first-order valence-corrected chi connectivity index (χ1v) is 7.91. The Kier molecular flexibility index (Phi) is 4.90. The molecule has 21 heavy (non-hydrogen) atoms. The zero-order valence-corrected chi connectivity index (χ0v) is 13.8. The molecule has 1 N–H and O–H groups in total. The highest BCUT2D eigenvalue weighted by molar-refractivity contribution is 7.14. The van der Waals surface area contributed by atoms with Crippen LogP contribution in [-0.4, -0.2) is 26.8 Å². The van der Waals surface area contributed by atoms with Gasteiger partial charge in [0, 0.05) is 36.8 Å². The molecule has 2 heterocycles. The number of nitrogens with zero attached hydrogens (tertiary/aromatic N) is 3. The summed E-state index contributed by atoms with van der Waals surface area (Å²) >= 11 is 1.56. The second kappa shape index (κ2) is 6.49. The Balaban J connectivity index is 1.95. The highest BCUT2D eigenvalue weighted by Crippen LogP contribution is 2.22. The molecule has 0 aliphatic heterocycles. The molecule has 5 nitrogen and oxygen atoms in total. The van der Waals surface area contributed by atoms with Crippen molar-refractivity contribution in [1.29, 1.82) is 0 Å². The molecule has 0 saturated carbocycles. The fourth-order valence-corrected chi connectivity index (χ4v) is 2.73. The molecule has 0 atom stereocenters. The van der Waals surface area contributed by atoms with E-state index in [0.29, 0.717) is 0 Å². The van der Waals surface area contributed by atoms with Crippen LogP contribution >= 0.6 is 11.3 Å². The molecular formula is C15H22N4OS. The molecule has 6 heteroatoms. The van der Waals surface area contributed by atoms with Crippen LogP contribution in [-0.2, 0) is 13.5 Å². The van der Waals surface area contributed by atoms with Gasteiger partial charge < -0.3 is 9.88 Å². The van der Waals surface area contributed by atoms with Crippen LogP contribution in [0.2, 0.25) is 0 Å². The lowest BCUT2D eigenvalue weighted by Crippen LogP contribution is -2.36. The van der Waals surface area contributed by atoms with Crippen LogP contribution in [0.1, 0.15) is 32.2 Å². The van der Waals surface area contributed by atoms with Gasteiger partial charge in [-0.2, -0.15) is 0 Å². The van der Waals surface area contributed by atoms with Crippen LogP contribution in [0.3, 0.4) is 0 Å². The van der Waals surface area contributed by atoms with Crippen molar-refractivity contribution >= 4 is 11.3 Å². The monoisotopic (exact) mass is 306 g/mol. The van der Waals surface area contributed by atoms with Crippen molar-refractivity contribution in [2.24, 2.45) is 7.05 Å². The minimum atomic E-state index is -0.0290. The SMILES string of the molecule is Cn1ccc(-c2nnc(CCCNC(C)(C)C)s2)cc1=O. The maximum atomic E-state index is 11.6. The van der Waals surface area contributed by atoms with Gasteiger partial charge in [-0.1, -0.05) is 11.3 Å². The van der Waals surface area contributed by atoms with Crippen LogP contribution in [0.25, 0.3) is 10.6 Å². The van der Waals surface area contributed by atoms with Crippen LogP contribution < -0.4 is 10.9 Å². The molecule has 114 valence electrons. The zero-order chi connectivity index (χ0) is 15.5. The van der Waals surface area contributed by atoms with Gasteiger partial charge in [0.1, 0.15) is 10.0 Å². The van der Waals surface area contributed by atoms with E-state index in [9.17, 15) is 4.79 Å². The van der Waals surface area contributed by atoms with Crippen molar-refractivity contribution in [1.82, 2.24) is 20.1 Å². The van der Waals surface area contributed by atoms with Gasteiger partial charge in [0.05, 0.1) is 0 Å². The van der Waals surface area contributed by atoms with Gasteiger partial charge in [-0.3, -0.25) is 4.79 Å². The van der Waals surface area contributed by atoms with E-state index in [4.69, 9.17) is 0 Å². The number of rotatable bonds is 5. The van der Waals surface area contributed by atoms with Crippen molar-refractivity contribution in [2.45, 2.75) is 39.2 Å². The minimum absolute atomic E-state index is 0.0290. The largest absolute Gasteiger partial charge is 0.319 e. The Hall–Kier alpha value is -1.53. The third-order valence-electron chi connectivity index (χ3n) is 3.04. The quantitative estimate of drug-likeness (QED) is 0.861. The smallest absolute Gasteiger partial charge is 0.250 e. The van der Waals surface area contributed by atoms with Crippen LogP contribution in [0.15, 0.2) is 23.1 Å². The molecule has 0 bridgehead atoms. The highest BCUT2D eigenvalue weighted by atomic mass is 32.1. The molecule has 2 aromatic rings. The van der Waals surface area contributed by atoms with Gasteiger partial charge in [0.2, 0.25) is 0 Å². The summed E-state index contributed by atoms with van der Waals surface area (Å²) in [6.07, 6.45) is 3.69. The fraction of sp³-hybridized carbons (Fsp3) is 0.533. The zero-order valence-electron chi connectivity index (χ0n) is 13.0. The minimum Gasteiger partial charge on any atom is -0.319 e. The van der Waals surface area contributed by atoms with E-state index in [1.165, 1.54) is 0 Å². The first kappa shape index (κ1) is 15.9. The Bertz CT molecular complexity index is 654. The van der Waals surface area contributed by atoms with Crippen molar-refractivity contribution in [3.05, 3.63) is 33.7 Å². The van der Waals surface area contributed by atoms with Crippen LogP contribution in [0.4, 0.5) is 0 Å². The first-order chi connectivity index (χ1) is 9.85. The summed E-state index contributed by atoms with van der Waals surface area (Å²) in [6.45, 7) is 7.44. The molecule has 0 spiro atoms. The standard InChI is InChI=1S/C15H22N4OS/c1-15(2,3)16-8-5-6-12-17-18-14(21-12)11-7-9-19(4)13(20)10-11/h7,9-10,16H,5-6,8H2,1-4H3. The van der Waals surface area contributed by atoms with E-state index in [1.54, 1.807) is 35.2 Å². The first-order valence-electron chi connectivity index (χ1n) is 7.10. The average Bonchev–Trinajstić information content (AvgIpc) is 2.86. The molecule has 0 aliphatic rings. The number of aryl methyl sites for hydroxylation is 2. The number of aromatic nitrogens is 3. The molecule has 0 aromatic carbocycles.